The van der Waals surface area contributed by atoms with Crippen LogP contribution in [-0.4, -0.2) is 30.0 Å². The standard InChI is InChI=1S/C18H14BrFN2O3S/c19-13-6-5-11(20)9-12(13)18(24)25-10-16(23)21-8-7-17-22-14-3-1-2-4-15(14)26-17/h1-6,9H,7-8,10H2,(H,21,23). The Morgan fingerprint density at radius 3 is 2.85 bits per heavy atom. The number of carbonyl (C=O) groups excluding carboxylic acids is 2. The van der Waals surface area contributed by atoms with Crippen molar-refractivity contribution < 1.29 is 18.7 Å². The van der Waals surface area contributed by atoms with Crippen molar-refractivity contribution in [2.45, 2.75) is 6.42 Å². The molecule has 1 amide bonds. The molecule has 3 aromatic rings. The average Bonchev–Trinajstić information content (AvgIpc) is 3.04. The lowest BCUT2D eigenvalue weighted by atomic mass is 10.2. The van der Waals surface area contributed by atoms with E-state index in [4.69, 9.17) is 4.74 Å². The van der Waals surface area contributed by atoms with Crippen molar-refractivity contribution in [1.29, 1.82) is 0 Å². The van der Waals surface area contributed by atoms with Gasteiger partial charge >= 0.3 is 5.97 Å². The minimum absolute atomic E-state index is 0.0345. The highest BCUT2D eigenvalue weighted by Crippen LogP contribution is 2.21. The molecular formula is C18H14BrFN2O3S. The number of para-hydroxylation sites is 1. The predicted octanol–water partition coefficient (Wildman–Crippen LogP) is 3.71. The van der Waals surface area contributed by atoms with Crippen molar-refractivity contribution in [1.82, 2.24) is 10.3 Å². The van der Waals surface area contributed by atoms with Gasteiger partial charge in [-0.15, -0.1) is 11.3 Å². The number of hydrogen-bond acceptors (Lipinski definition) is 5. The number of hydrogen-bond donors (Lipinski definition) is 1. The number of benzene rings is 2. The maximum absolute atomic E-state index is 13.2. The minimum Gasteiger partial charge on any atom is -0.452 e. The molecule has 1 N–H and O–H groups in total. The number of amides is 1. The van der Waals surface area contributed by atoms with Gasteiger partial charge in [0.25, 0.3) is 5.91 Å². The molecular weight excluding hydrogens is 423 g/mol. The Balaban J connectivity index is 1.45. The van der Waals surface area contributed by atoms with Crippen molar-refractivity contribution >= 4 is 49.4 Å². The van der Waals surface area contributed by atoms with Crippen LogP contribution in [0.25, 0.3) is 10.2 Å². The van der Waals surface area contributed by atoms with Crippen LogP contribution in [0.15, 0.2) is 46.9 Å². The molecule has 0 spiro atoms. The lowest BCUT2D eigenvalue weighted by Crippen LogP contribution is -2.30. The number of aromatic nitrogens is 1. The molecule has 0 unspecified atom stereocenters. The van der Waals surface area contributed by atoms with Gasteiger partial charge < -0.3 is 10.1 Å². The van der Waals surface area contributed by atoms with E-state index in [0.29, 0.717) is 17.4 Å². The van der Waals surface area contributed by atoms with Crippen LogP contribution in [0.3, 0.4) is 0 Å². The molecule has 0 aliphatic rings. The largest absolute Gasteiger partial charge is 0.452 e. The predicted molar refractivity (Wildman–Crippen MR) is 101 cm³/mol. The molecule has 0 saturated carbocycles. The molecule has 134 valence electrons. The molecule has 0 fully saturated rings. The van der Waals surface area contributed by atoms with Gasteiger partial charge in [0.1, 0.15) is 5.82 Å². The van der Waals surface area contributed by atoms with E-state index in [1.54, 1.807) is 11.3 Å². The van der Waals surface area contributed by atoms with Gasteiger partial charge in [-0.2, -0.15) is 0 Å². The van der Waals surface area contributed by atoms with Gasteiger partial charge in [0.05, 0.1) is 20.8 Å². The number of nitrogens with zero attached hydrogens (tertiary/aromatic N) is 1. The molecule has 0 radical (unpaired) electrons. The maximum Gasteiger partial charge on any atom is 0.339 e. The third-order valence-corrected chi connectivity index (χ3v) is 5.27. The number of esters is 1. The van der Waals surface area contributed by atoms with Crippen LogP contribution in [0.4, 0.5) is 4.39 Å². The number of rotatable bonds is 6. The Bertz CT molecular complexity index is 928. The highest BCUT2D eigenvalue weighted by Gasteiger charge is 2.14. The zero-order valence-corrected chi connectivity index (χ0v) is 15.9. The summed E-state index contributed by atoms with van der Waals surface area (Å²) in [6, 6.07) is 11.5. The van der Waals surface area contributed by atoms with E-state index in [1.165, 1.54) is 12.1 Å². The smallest absolute Gasteiger partial charge is 0.339 e. The highest BCUT2D eigenvalue weighted by atomic mass is 79.9. The first-order valence-electron chi connectivity index (χ1n) is 7.76. The first-order valence-corrected chi connectivity index (χ1v) is 9.37. The summed E-state index contributed by atoms with van der Waals surface area (Å²) in [5.74, 6) is -1.75. The molecule has 26 heavy (non-hydrogen) atoms. The van der Waals surface area contributed by atoms with Crippen molar-refractivity contribution in [3.63, 3.8) is 0 Å². The van der Waals surface area contributed by atoms with Gasteiger partial charge in [-0.1, -0.05) is 12.1 Å². The van der Waals surface area contributed by atoms with Crippen LogP contribution >= 0.6 is 27.3 Å². The molecule has 1 aromatic heterocycles. The van der Waals surface area contributed by atoms with Gasteiger partial charge in [0.15, 0.2) is 6.61 Å². The molecule has 8 heteroatoms. The number of fused-ring (bicyclic) bond motifs is 1. The van der Waals surface area contributed by atoms with Crippen LogP contribution < -0.4 is 5.32 Å². The van der Waals surface area contributed by atoms with E-state index in [-0.39, 0.29) is 5.56 Å². The van der Waals surface area contributed by atoms with Crippen molar-refractivity contribution in [3.8, 4) is 0 Å². The minimum atomic E-state index is -0.766. The second-order valence-electron chi connectivity index (χ2n) is 5.38. The molecule has 0 bridgehead atoms. The second-order valence-corrected chi connectivity index (χ2v) is 7.35. The van der Waals surface area contributed by atoms with E-state index in [0.717, 1.165) is 21.3 Å². The quantitative estimate of drug-likeness (QED) is 0.597. The molecule has 2 aromatic carbocycles. The van der Waals surface area contributed by atoms with Gasteiger partial charge in [-0.05, 0) is 46.3 Å². The van der Waals surface area contributed by atoms with Crippen LogP contribution in [0.5, 0.6) is 0 Å². The summed E-state index contributed by atoms with van der Waals surface area (Å²) in [6.45, 7) is -0.0402. The lowest BCUT2D eigenvalue weighted by molar-refractivity contribution is -0.124. The Hall–Kier alpha value is -2.32. The van der Waals surface area contributed by atoms with Crippen molar-refractivity contribution in [2.24, 2.45) is 0 Å². The fraction of sp³-hybridized carbons (Fsp3) is 0.167. The number of halogens is 2. The van der Waals surface area contributed by atoms with Crippen LogP contribution in [-0.2, 0) is 16.0 Å². The molecule has 3 rings (SSSR count). The van der Waals surface area contributed by atoms with Gasteiger partial charge in [-0.25, -0.2) is 14.2 Å². The van der Waals surface area contributed by atoms with Gasteiger partial charge in [0, 0.05) is 17.4 Å². The van der Waals surface area contributed by atoms with Crippen LogP contribution in [0.1, 0.15) is 15.4 Å². The van der Waals surface area contributed by atoms with E-state index in [9.17, 15) is 14.0 Å². The van der Waals surface area contributed by atoms with Gasteiger partial charge in [-0.3, -0.25) is 4.79 Å². The summed E-state index contributed by atoms with van der Waals surface area (Å²) in [5, 5.41) is 3.60. The average molecular weight is 437 g/mol. The topological polar surface area (TPSA) is 68.3 Å². The summed E-state index contributed by atoms with van der Waals surface area (Å²) < 4.78 is 19.6. The monoisotopic (exact) mass is 436 g/mol. The second kappa shape index (κ2) is 8.37. The molecule has 0 aliphatic carbocycles. The first kappa shape index (κ1) is 18.5. The van der Waals surface area contributed by atoms with Crippen LogP contribution in [0, 0.1) is 5.82 Å². The Morgan fingerprint density at radius 1 is 1.23 bits per heavy atom. The fourth-order valence-corrected chi connectivity index (χ4v) is 3.62. The SMILES string of the molecule is O=C(COC(=O)c1cc(F)ccc1Br)NCCc1nc2ccccc2s1. The third kappa shape index (κ3) is 4.64. The maximum atomic E-state index is 13.2. The zero-order valence-electron chi connectivity index (χ0n) is 13.5. The molecule has 0 atom stereocenters. The van der Waals surface area contributed by atoms with E-state index in [2.05, 4.69) is 26.2 Å². The fourth-order valence-electron chi connectivity index (χ4n) is 2.25. The first-order chi connectivity index (χ1) is 12.5. The Kier molecular flexibility index (Phi) is 5.95. The summed E-state index contributed by atoms with van der Waals surface area (Å²) in [7, 11) is 0. The molecule has 5 nitrogen and oxygen atoms in total. The number of ether oxygens (including phenoxy) is 1. The summed E-state index contributed by atoms with van der Waals surface area (Å²) in [5.41, 5.74) is 0.973. The van der Waals surface area contributed by atoms with E-state index < -0.39 is 24.3 Å². The molecule has 1 heterocycles. The number of carbonyl (C=O) groups is 2. The Morgan fingerprint density at radius 2 is 2.04 bits per heavy atom. The van der Waals surface area contributed by atoms with E-state index >= 15 is 0 Å². The lowest BCUT2D eigenvalue weighted by Gasteiger charge is -2.07. The number of nitrogens with one attached hydrogen (secondary N) is 1. The van der Waals surface area contributed by atoms with Crippen molar-refractivity contribution in [3.05, 3.63) is 63.3 Å². The van der Waals surface area contributed by atoms with Gasteiger partial charge in [0.2, 0.25) is 0 Å². The summed E-state index contributed by atoms with van der Waals surface area (Å²) >= 11 is 4.73. The van der Waals surface area contributed by atoms with E-state index in [1.807, 2.05) is 24.3 Å². The normalized spacial score (nSPS) is 10.7. The van der Waals surface area contributed by atoms with Crippen molar-refractivity contribution in [2.75, 3.05) is 13.2 Å². The summed E-state index contributed by atoms with van der Waals surface area (Å²) in [4.78, 5) is 28.2. The third-order valence-electron chi connectivity index (χ3n) is 3.48. The van der Waals surface area contributed by atoms with Crippen LogP contribution in [0.2, 0.25) is 0 Å². The summed E-state index contributed by atoms with van der Waals surface area (Å²) in [6.07, 6.45) is 0.592. The number of thiazole rings is 1. The Labute approximate surface area is 161 Å². The highest BCUT2D eigenvalue weighted by molar-refractivity contribution is 9.10. The molecule has 0 aliphatic heterocycles. The molecule has 0 saturated heterocycles. The zero-order chi connectivity index (χ0) is 18.5.